The summed E-state index contributed by atoms with van der Waals surface area (Å²) in [5, 5.41) is 8.92. The first-order valence-electron chi connectivity index (χ1n) is 10.2. The number of rotatable bonds is 0. The molecular formula is C26H13N3S2. The lowest BCUT2D eigenvalue weighted by Crippen LogP contribution is -1.91. The minimum Gasteiger partial charge on any atom is -0.299 e. The van der Waals surface area contributed by atoms with Crippen LogP contribution in [-0.4, -0.2) is 14.4 Å². The summed E-state index contributed by atoms with van der Waals surface area (Å²) in [6.45, 7) is 0. The molecule has 3 nitrogen and oxygen atoms in total. The van der Waals surface area contributed by atoms with E-state index in [9.17, 15) is 0 Å². The van der Waals surface area contributed by atoms with Crippen molar-refractivity contribution in [1.29, 1.82) is 0 Å². The molecule has 0 aliphatic rings. The number of nitrogens with zero attached hydrogens (tertiary/aromatic N) is 3. The highest BCUT2D eigenvalue weighted by atomic mass is 32.1. The molecule has 8 aromatic rings. The van der Waals surface area contributed by atoms with Crippen LogP contribution in [0.5, 0.6) is 0 Å². The first kappa shape index (κ1) is 16.2. The molecule has 0 spiro atoms. The highest BCUT2D eigenvalue weighted by Gasteiger charge is 2.18. The Hall–Kier alpha value is -3.54. The maximum Gasteiger partial charge on any atom is 0.145 e. The molecule has 0 radical (unpaired) electrons. The summed E-state index contributed by atoms with van der Waals surface area (Å²) in [6.07, 6.45) is 7.79. The Morgan fingerprint density at radius 3 is 2.52 bits per heavy atom. The number of thiophene rings is 2. The minimum absolute atomic E-state index is 0.982. The number of fused-ring (bicyclic) bond motifs is 14. The van der Waals surface area contributed by atoms with Crippen molar-refractivity contribution in [3.63, 3.8) is 0 Å². The molecular weight excluding hydrogens is 418 g/mol. The maximum absolute atomic E-state index is 4.63. The van der Waals surface area contributed by atoms with Gasteiger partial charge >= 0.3 is 0 Å². The second-order valence-electron chi connectivity index (χ2n) is 7.89. The van der Waals surface area contributed by atoms with E-state index in [1.807, 2.05) is 41.3 Å². The van der Waals surface area contributed by atoms with Crippen molar-refractivity contribution in [3.05, 3.63) is 79.4 Å². The van der Waals surface area contributed by atoms with E-state index in [-0.39, 0.29) is 0 Å². The molecule has 5 aromatic heterocycles. The van der Waals surface area contributed by atoms with Crippen LogP contribution in [-0.2, 0) is 0 Å². The van der Waals surface area contributed by atoms with Gasteiger partial charge in [-0.15, -0.1) is 22.7 Å². The normalized spacial score (nSPS) is 12.5. The molecule has 0 bridgehead atoms. The summed E-state index contributed by atoms with van der Waals surface area (Å²) in [6, 6.07) is 19.9. The van der Waals surface area contributed by atoms with Gasteiger partial charge < -0.3 is 0 Å². The highest BCUT2D eigenvalue weighted by molar-refractivity contribution is 7.33. The van der Waals surface area contributed by atoms with Crippen molar-refractivity contribution in [2.45, 2.75) is 0 Å². The Balaban J connectivity index is 1.68. The monoisotopic (exact) mass is 431 g/mol. The molecule has 0 saturated heterocycles. The molecule has 0 unspecified atom stereocenters. The average molecular weight is 432 g/mol. The van der Waals surface area contributed by atoms with Crippen LogP contribution in [0.1, 0.15) is 0 Å². The standard InChI is InChI=1S/C26H13N3S2/c1-2-4-20-14(3-1)15-5-6-17-23-21(31-25(17)24(15)30-20)8-7-19-22(23)18-13-27-10-9-16(18)26-28-11-12-29(19)26/h1-13H. The lowest BCUT2D eigenvalue weighted by atomic mass is 10.0. The van der Waals surface area contributed by atoms with Crippen molar-refractivity contribution < 1.29 is 0 Å². The predicted molar refractivity (Wildman–Crippen MR) is 134 cm³/mol. The van der Waals surface area contributed by atoms with E-state index < -0.39 is 0 Å². The van der Waals surface area contributed by atoms with Gasteiger partial charge in [-0.05, 0) is 24.3 Å². The largest absolute Gasteiger partial charge is 0.299 e. The SMILES string of the molecule is c1ccc2c(c1)sc1c2ccc2c1sc1ccc3c(c4cnccc4c4nccn34)c12. The smallest absolute Gasteiger partial charge is 0.145 e. The summed E-state index contributed by atoms with van der Waals surface area (Å²) in [5.74, 6) is 0. The van der Waals surface area contributed by atoms with Gasteiger partial charge in [0.2, 0.25) is 0 Å². The predicted octanol–water partition coefficient (Wildman–Crippen LogP) is 7.77. The second-order valence-corrected chi connectivity index (χ2v) is 10.00. The number of hydrogen-bond donors (Lipinski definition) is 0. The second kappa shape index (κ2) is 5.58. The molecule has 5 heterocycles. The number of hydrogen-bond acceptors (Lipinski definition) is 4. The van der Waals surface area contributed by atoms with Gasteiger partial charge in [-0.1, -0.05) is 30.3 Å². The van der Waals surface area contributed by atoms with Crippen molar-refractivity contribution in [1.82, 2.24) is 14.4 Å². The number of pyridine rings is 2. The Kier molecular flexibility index (Phi) is 2.91. The Bertz CT molecular complexity index is 2010. The van der Waals surface area contributed by atoms with Gasteiger partial charge in [0.15, 0.2) is 0 Å². The van der Waals surface area contributed by atoms with Gasteiger partial charge in [0, 0.05) is 71.9 Å². The third kappa shape index (κ3) is 1.93. The molecule has 31 heavy (non-hydrogen) atoms. The molecule has 8 rings (SSSR count). The summed E-state index contributed by atoms with van der Waals surface area (Å²) < 4.78 is 7.64. The zero-order valence-corrected chi connectivity index (χ0v) is 17.8. The minimum atomic E-state index is 0.982. The van der Waals surface area contributed by atoms with Gasteiger partial charge in [-0.25, -0.2) is 4.98 Å². The molecule has 0 saturated carbocycles. The van der Waals surface area contributed by atoms with E-state index in [0.717, 1.165) is 16.4 Å². The van der Waals surface area contributed by atoms with Crippen LogP contribution < -0.4 is 0 Å². The van der Waals surface area contributed by atoms with Crippen molar-refractivity contribution in [2.75, 3.05) is 0 Å². The zero-order valence-electron chi connectivity index (χ0n) is 16.2. The third-order valence-electron chi connectivity index (χ3n) is 6.36. The molecule has 0 N–H and O–H groups in total. The van der Waals surface area contributed by atoms with Crippen LogP contribution in [0.2, 0.25) is 0 Å². The van der Waals surface area contributed by atoms with E-state index in [1.165, 1.54) is 51.2 Å². The summed E-state index contributed by atoms with van der Waals surface area (Å²) in [7, 11) is 0. The molecule has 0 fully saturated rings. The third-order valence-corrected chi connectivity index (χ3v) is 8.88. The lowest BCUT2D eigenvalue weighted by Gasteiger charge is -2.09. The highest BCUT2D eigenvalue weighted by Crippen LogP contribution is 2.47. The van der Waals surface area contributed by atoms with Gasteiger partial charge in [0.1, 0.15) is 5.65 Å². The van der Waals surface area contributed by atoms with Crippen LogP contribution in [0, 0.1) is 0 Å². The molecule has 5 heteroatoms. The van der Waals surface area contributed by atoms with E-state index in [2.05, 4.69) is 75.2 Å². The summed E-state index contributed by atoms with van der Waals surface area (Å²) in [4.78, 5) is 9.10. The maximum atomic E-state index is 4.63. The van der Waals surface area contributed by atoms with E-state index in [0.29, 0.717) is 0 Å². The zero-order chi connectivity index (χ0) is 20.1. The van der Waals surface area contributed by atoms with E-state index >= 15 is 0 Å². The van der Waals surface area contributed by atoms with Crippen molar-refractivity contribution in [2.24, 2.45) is 0 Å². The first-order valence-corrected chi connectivity index (χ1v) is 11.8. The van der Waals surface area contributed by atoms with E-state index in [1.54, 1.807) is 0 Å². The molecule has 0 aliphatic carbocycles. The van der Waals surface area contributed by atoms with Crippen LogP contribution in [0.15, 0.2) is 79.4 Å². The topological polar surface area (TPSA) is 30.2 Å². The summed E-state index contributed by atoms with van der Waals surface area (Å²) >= 11 is 3.80. The van der Waals surface area contributed by atoms with Gasteiger partial charge in [-0.3, -0.25) is 9.38 Å². The Labute approximate surface area is 183 Å². The molecule has 0 amide bonds. The van der Waals surface area contributed by atoms with Gasteiger partial charge in [0.05, 0.1) is 14.9 Å². The van der Waals surface area contributed by atoms with Crippen LogP contribution in [0.4, 0.5) is 0 Å². The summed E-state index contributed by atoms with van der Waals surface area (Å²) in [5.41, 5.74) is 2.16. The van der Waals surface area contributed by atoms with Crippen LogP contribution in [0.25, 0.3) is 67.7 Å². The van der Waals surface area contributed by atoms with Crippen molar-refractivity contribution >= 4 is 90.3 Å². The van der Waals surface area contributed by atoms with E-state index in [4.69, 9.17) is 0 Å². The fraction of sp³-hybridized carbons (Fsp3) is 0. The van der Waals surface area contributed by atoms with Gasteiger partial charge in [-0.2, -0.15) is 0 Å². The molecule has 0 aliphatic heterocycles. The first-order chi connectivity index (χ1) is 15.4. The fourth-order valence-electron chi connectivity index (χ4n) is 5.06. The van der Waals surface area contributed by atoms with Gasteiger partial charge in [0.25, 0.3) is 0 Å². The van der Waals surface area contributed by atoms with Crippen molar-refractivity contribution in [3.8, 4) is 0 Å². The fourth-order valence-corrected chi connectivity index (χ4v) is 7.60. The lowest BCUT2D eigenvalue weighted by molar-refractivity contribution is 1.27. The quantitative estimate of drug-likeness (QED) is 0.230. The number of benzene rings is 3. The molecule has 0 atom stereocenters. The number of aromatic nitrogens is 3. The number of imidazole rings is 1. The Morgan fingerprint density at radius 2 is 1.52 bits per heavy atom. The molecule has 3 aromatic carbocycles. The Morgan fingerprint density at radius 1 is 0.645 bits per heavy atom. The van der Waals surface area contributed by atoms with Crippen LogP contribution >= 0.6 is 22.7 Å². The average Bonchev–Trinajstić information content (AvgIpc) is 3.53. The molecule has 144 valence electrons. The van der Waals surface area contributed by atoms with Crippen LogP contribution in [0.3, 0.4) is 0 Å².